The monoisotopic (exact) mass is 636 g/mol. The average molecular weight is 637 g/mol. The molecule has 0 aliphatic rings. The third-order valence-corrected chi connectivity index (χ3v) is 7.78. The van der Waals surface area contributed by atoms with E-state index in [0.717, 1.165) is 73.4 Å². The second kappa shape index (κ2) is 19.8. The number of carbonyl (C=O) groups is 2. The van der Waals surface area contributed by atoms with E-state index >= 15 is 0 Å². The van der Waals surface area contributed by atoms with Gasteiger partial charge in [-0.1, -0.05) is 38.1 Å². The van der Waals surface area contributed by atoms with E-state index in [1.807, 2.05) is 24.3 Å². The average Bonchev–Trinajstić information content (AvgIpc) is 3.00. The second-order valence-corrected chi connectivity index (χ2v) is 13.4. The number of benzene rings is 2. The smallest absolute Gasteiger partial charge is 0.275 e. The van der Waals surface area contributed by atoms with E-state index in [2.05, 4.69) is 90.1 Å². The van der Waals surface area contributed by atoms with Gasteiger partial charge in [0.25, 0.3) is 11.8 Å². The normalized spacial score (nSPS) is 11.5. The fourth-order valence-electron chi connectivity index (χ4n) is 5.35. The van der Waals surface area contributed by atoms with E-state index in [-0.39, 0.29) is 11.8 Å². The molecule has 254 valence electrons. The van der Waals surface area contributed by atoms with Crippen LogP contribution in [0.3, 0.4) is 0 Å². The van der Waals surface area contributed by atoms with Crippen molar-refractivity contribution in [3.05, 3.63) is 72.8 Å². The number of amides is 2. The number of ether oxygens (including phenoxy) is 2. The van der Waals surface area contributed by atoms with E-state index < -0.39 is 0 Å². The van der Waals surface area contributed by atoms with Crippen LogP contribution in [0.15, 0.2) is 61.7 Å². The summed E-state index contributed by atoms with van der Waals surface area (Å²) >= 11 is 0. The summed E-state index contributed by atoms with van der Waals surface area (Å²) in [6.45, 7) is 17.2. The summed E-state index contributed by atoms with van der Waals surface area (Å²) in [6.07, 6.45) is 8.80. The zero-order valence-electron chi connectivity index (χ0n) is 29.5. The Morgan fingerprint density at radius 2 is 1.26 bits per heavy atom. The van der Waals surface area contributed by atoms with Crippen molar-refractivity contribution in [2.24, 2.45) is 0 Å². The fraction of sp³-hybridized carbons (Fsp3) is 0.526. The molecule has 8 nitrogen and oxygen atoms in total. The summed E-state index contributed by atoms with van der Waals surface area (Å²) < 4.78 is 13.9. The maximum absolute atomic E-state index is 12.2. The minimum atomic E-state index is 0.0884. The van der Waals surface area contributed by atoms with Crippen LogP contribution >= 0.6 is 0 Å². The van der Waals surface area contributed by atoms with Gasteiger partial charge in [-0.3, -0.25) is 9.59 Å². The standard InChI is InChI=1S/C38H58N4O4/c1-9-15-31-17-19-36(46-26-14-24-42(7,8)30-38(44)40-22-12-4)34(27-31)32-18-20-35(33(28-32)16-10-2)45-25-13-23-41(5,6)29-37(43)39-21-11-3/h9-10,17-20,27-28H,1-2,11-16,21-26,29-30H2,3-8H3/p+2. The maximum Gasteiger partial charge on any atom is 0.275 e. The van der Waals surface area contributed by atoms with Crippen LogP contribution in [0.2, 0.25) is 0 Å². The Kier molecular flexibility index (Phi) is 16.6. The minimum absolute atomic E-state index is 0.0884. The number of hydrogen-bond acceptors (Lipinski definition) is 4. The van der Waals surface area contributed by atoms with Gasteiger partial charge in [-0.15, -0.1) is 13.2 Å². The lowest BCUT2D eigenvalue weighted by Crippen LogP contribution is -2.48. The molecule has 2 aromatic carbocycles. The van der Waals surface area contributed by atoms with Crippen LogP contribution in [-0.2, 0) is 22.4 Å². The van der Waals surface area contributed by atoms with Crippen molar-refractivity contribution in [2.75, 3.05) is 80.7 Å². The van der Waals surface area contributed by atoms with E-state index in [1.165, 1.54) is 5.56 Å². The van der Waals surface area contributed by atoms with Gasteiger partial charge in [0.05, 0.1) is 54.5 Å². The molecule has 0 bridgehead atoms. The molecule has 2 amide bonds. The molecule has 0 aliphatic carbocycles. The molecule has 46 heavy (non-hydrogen) atoms. The molecule has 0 saturated carbocycles. The van der Waals surface area contributed by atoms with Gasteiger partial charge < -0.3 is 29.1 Å². The summed E-state index contributed by atoms with van der Waals surface area (Å²) in [4.78, 5) is 24.4. The molecule has 0 unspecified atom stereocenters. The lowest BCUT2D eigenvalue weighted by molar-refractivity contribution is -0.882. The van der Waals surface area contributed by atoms with Gasteiger partial charge in [0, 0.05) is 31.5 Å². The van der Waals surface area contributed by atoms with Gasteiger partial charge in [0.1, 0.15) is 11.5 Å². The van der Waals surface area contributed by atoms with E-state index in [0.29, 0.717) is 54.8 Å². The Bertz CT molecular complexity index is 1270. The van der Waals surface area contributed by atoms with Crippen LogP contribution in [-0.4, -0.2) is 101 Å². The van der Waals surface area contributed by atoms with Gasteiger partial charge in [-0.25, -0.2) is 0 Å². The van der Waals surface area contributed by atoms with Crippen LogP contribution in [0.1, 0.15) is 50.7 Å². The Hall–Kier alpha value is -3.62. The van der Waals surface area contributed by atoms with Crippen molar-refractivity contribution < 1.29 is 28.0 Å². The van der Waals surface area contributed by atoms with Gasteiger partial charge in [-0.2, -0.15) is 0 Å². The Morgan fingerprint density at radius 1 is 0.739 bits per heavy atom. The van der Waals surface area contributed by atoms with Crippen LogP contribution in [0.5, 0.6) is 11.5 Å². The molecule has 0 heterocycles. The van der Waals surface area contributed by atoms with E-state index in [1.54, 1.807) is 0 Å². The van der Waals surface area contributed by atoms with Gasteiger partial charge in [-0.05, 0) is 66.6 Å². The molecular weight excluding hydrogens is 576 g/mol. The predicted molar refractivity (Wildman–Crippen MR) is 190 cm³/mol. The van der Waals surface area contributed by atoms with Crippen LogP contribution in [0.25, 0.3) is 11.1 Å². The van der Waals surface area contributed by atoms with Crippen LogP contribution in [0.4, 0.5) is 0 Å². The third-order valence-electron chi connectivity index (χ3n) is 7.78. The summed E-state index contributed by atoms with van der Waals surface area (Å²) in [6, 6.07) is 12.6. The lowest BCUT2D eigenvalue weighted by atomic mass is 9.97. The number of rotatable bonds is 23. The zero-order chi connectivity index (χ0) is 34.0. The highest BCUT2D eigenvalue weighted by Gasteiger charge is 2.21. The van der Waals surface area contributed by atoms with Crippen molar-refractivity contribution in [1.29, 1.82) is 0 Å². The number of nitrogens with zero attached hydrogens (tertiary/aromatic N) is 2. The SMILES string of the molecule is C=CCc1ccc(OCCC[N+](C)(C)CC(=O)NCCC)c(-c2ccc(OCCC[N+](C)(C)CC(=O)NCCC)c(CC=C)c2)c1. The van der Waals surface area contributed by atoms with Crippen LogP contribution < -0.4 is 20.1 Å². The highest BCUT2D eigenvalue weighted by Crippen LogP contribution is 2.35. The molecule has 0 radical (unpaired) electrons. The fourth-order valence-corrected chi connectivity index (χ4v) is 5.35. The molecule has 0 aromatic heterocycles. The summed E-state index contributed by atoms with van der Waals surface area (Å²) in [5.74, 6) is 1.86. The molecule has 2 aromatic rings. The minimum Gasteiger partial charge on any atom is -0.493 e. The largest absolute Gasteiger partial charge is 0.493 e. The number of quaternary nitrogens is 2. The Morgan fingerprint density at radius 3 is 1.78 bits per heavy atom. The lowest BCUT2D eigenvalue weighted by Gasteiger charge is -2.29. The first-order valence-electron chi connectivity index (χ1n) is 16.8. The predicted octanol–water partition coefficient (Wildman–Crippen LogP) is 5.55. The Balaban J connectivity index is 2.11. The van der Waals surface area contributed by atoms with Gasteiger partial charge in [0.15, 0.2) is 13.1 Å². The third kappa shape index (κ3) is 14.2. The number of hydrogen-bond donors (Lipinski definition) is 2. The number of carbonyl (C=O) groups excluding carboxylic acids is 2. The first kappa shape index (κ1) is 38.6. The molecule has 8 heteroatoms. The zero-order valence-corrected chi connectivity index (χ0v) is 29.5. The first-order valence-corrected chi connectivity index (χ1v) is 16.8. The summed E-state index contributed by atoms with van der Waals surface area (Å²) in [5, 5.41) is 5.94. The highest BCUT2D eigenvalue weighted by atomic mass is 16.5. The quantitative estimate of drug-likeness (QED) is 0.0953. The molecular formula is C38H60N4O4+2. The van der Waals surface area contributed by atoms with E-state index in [4.69, 9.17) is 9.47 Å². The van der Waals surface area contributed by atoms with Gasteiger partial charge in [0.2, 0.25) is 0 Å². The van der Waals surface area contributed by atoms with Crippen molar-refractivity contribution in [1.82, 2.24) is 10.6 Å². The molecule has 2 N–H and O–H groups in total. The van der Waals surface area contributed by atoms with E-state index in [9.17, 15) is 9.59 Å². The summed E-state index contributed by atoms with van der Waals surface area (Å²) in [5.41, 5.74) is 4.33. The molecule has 0 saturated heterocycles. The van der Waals surface area contributed by atoms with Gasteiger partial charge >= 0.3 is 0 Å². The topological polar surface area (TPSA) is 76.7 Å². The Labute approximate surface area is 278 Å². The molecule has 0 spiro atoms. The molecule has 0 atom stereocenters. The number of allylic oxidation sites excluding steroid dienone is 2. The molecule has 0 aliphatic heterocycles. The molecule has 0 fully saturated rings. The highest BCUT2D eigenvalue weighted by molar-refractivity contribution is 5.77. The first-order chi connectivity index (χ1) is 21.9. The summed E-state index contributed by atoms with van der Waals surface area (Å²) in [7, 11) is 8.32. The van der Waals surface area contributed by atoms with Crippen molar-refractivity contribution in [2.45, 2.75) is 52.4 Å². The number of likely N-dealkylation sites (N-methyl/N-ethyl adjacent to an activating group) is 2. The second-order valence-electron chi connectivity index (χ2n) is 13.4. The van der Waals surface area contributed by atoms with Crippen molar-refractivity contribution >= 4 is 11.8 Å². The van der Waals surface area contributed by atoms with Crippen molar-refractivity contribution in [3.63, 3.8) is 0 Å². The molecule has 2 rings (SSSR count). The van der Waals surface area contributed by atoms with Crippen LogP contribution in [0, 0.1) is 0 Å². The number of nitrogens with one attached hydrogen (secondary N) is 2. The maximum atomic E-state index is 12.2. The van der Waals surface area contributed by atoms with Crippen molar-refractivity contribution in [3.8, 4) is 22.6 Å².